The minimum Gasteiger partial charge on any atom is -0.493 e. The van der Waals surface area contributed by atoms with Gasteiger partial charge < -0.3 is 4.74 Å². The highest BCUT2D eigenvalue weighted by Gasteiger charge is 2.21. The van der Waals surface area contributed by atoms with Crippen LogP contribution in [0.3, 0.4) is 0 Å². The van der Waals surface area contributed by atoms with Crippen LogP contribution in [0, 0.1) is 5.41 Å². The molecule has 92 valence electrons. The number of hydrogen-bond acceptors (Lipinski definition) is 2. The topological polar surface area (TPSA) is 26.3 Å². The third-order valence-electron chi connectivity index (χ3n) is 3.02. The zero-order chi connectivity index (χ0) is 13.3. The zero-order valence-electron chi connectivity index (χ0n) is 11.7. The van der Waals surface area contributed by atoms with Crippen LogP contribution in [0.2, 0.25) is 0 Å². The van der Waals surface area contributed by atoms with Gasteiger partial charge in [0.1, 0.15) is 11.5 Å². The molecule has 1 unspecified atom stereocenters. The molecule has 1 heterocycles. The Hall–Kier alpha value is -1.31. The highest BCUT2D eigenvalue weighted by molar-refractivity contribution is 5.85. The van der Waals surface area contributed by atoms with E-state index in [9.17, 15) is 4.79 Å². The predicted molar refractivity (Wildman–Crippen MR) is 68.4 cm³/mol. The SMILES string of the molecule is [2H]C1CCOc2ccc(CC(=O)C(C)(C)C)cc21. The van der Waals surface area contributed by atoms with Crippen LogP contribution < -0.4 is 4.74 Å². The van der Waals surface area contributed by atoms with Crippen molar-refractivity contribution < 1.29 is 10.9 Å². The number of benzene rings is 1. The Morgan fingerprint density at radius 1 is 1.47 bits per heavy atom. The Bertz CT molecular complexity index is 460. The number of ketones is 1. The second-order valence-electron chi connectivity index (χ2n) is 5.56. The van der Waals surface area contributed by atoms with Gasteiger partial charge in [-0.1, -0.05) is 32.9 Å². The van der Waals surface area contributed by atoms with Crippen molar-refractivity contribution in [3.8, 4) is 5.75 Å². The Morgan fingerprint density at radius 2 is 2.24 bits per heavy atom. The van der Waals surface area contributed by atoms with Gasteiger partial charge in [0.25, 0.3) is 0 Å². The Balaban J connectivity index is 2.21. The molecule has 0 N–H and O–H groups in total. The molecule has 1 aromatic carbocycles. The summed E-state index contributed by atoms with van der Waals surface area (Å²) >= 11 is 0. The molecular formula is C15H20O2. The third kappa shape index (κ3) is 2.87. The van der Waals surface area contributed by atoms with Gasteiger partial charge in [-0.05, 0) is 30.0 Å². The summed E-state index contributed by atoms with van der Waals surface area (Å²) in [6, 6.07) is 5.78. The molecule has 0 aliphatic carbocycles. The fourth-order valence-corrected chi connectivity index (χ4v) is 1.83. The van der Waals surface area contributed by atoms with E-state index in [0.717, 1.165) is 23.3 Å². The number of Topliss-reactive ketones (excluding diaryl/α,β-unsaturated/α-hetero) is 1. The van der Waals surface area contributed by atoms with E-state index < -0.39 is 0 Å². The molecule has 1 aliphatic rings. The van der Waals surface area contributed by atoms with Crippen LogP contribution in [0.4, 0.5) is 0 Å². The fraction of sp³-hybridized carbons (Fsp3) is 0.533. The Labute approximate surface area is 104 Å². The van der Waals surface area contributed by atoms with Crippen molar-refractivity contribution in [3.63, 3.8) is 0 Å². The van der Waals surface area contributed by atoms with Gasteiger partial charge in [-0.3, -0.25) is 4.79 Å². The number of fused-ring (bicyclic) bond motifs is 1. The first-order valence-electron chi connectivity index (χ1n) is 6.67. The molecule has 0 fully saturated rings. The van der Waals surface area contributed by atoms with Gasteiger partial charge in [0.05, 0.1) is 6.61 Å². The maximum absolute atomic E-state index is 12.0. The largest absolute Gasteiger partial charge is 0.493 e. The minimum atomic E-state index is -0.313. The molecule has 2 rings (SSSR count). The molecule has 2 nitrogen and oxygen atoms in total. The highest BCUT2D eigenvalue weighted by Crippen LogP contribution is 2.26. The van der Waals surface area contributed by atoms with Crippen LogP contribution in [0.25, 0.3) is 0 Å². The molecule has 1 aromatic rings. The number of carbonyl (C=O) groups is 1. The summed E-state index contributed by atoms with van der Waals surface area (Å²) in [6.45, 7) is 6.42. The van der Waals surface area contributed by atoms with Gasteiger partial charge >= 0.3 is 0 Å². The number of rotatable bonds is 2. The van der Waals surface area contributed by atoms with Crippen molar-refractivity contribution >= 4 is 5.78 Å². The van der Waals surface area contributed by atoms with E-state index in [1.165, 1.54) is 0 Å². The Morgan fingerprint density at radius 3 is 2.94 bits per heavy atom. The third-order valence-corrected chi connectivity index (χ3v) is 3.02. The monoisotopic (exact) mass is 233 g/mol. The van der Waals surface area contributed by atoms with Gasteiger partial charge in [-0.15, -0.1) is 0 Å². The number of aryl methyl sites for hydroxylation is 1. The summed E-state index contributed by atoms with van der Waals surface area (Å²) in [5.74, 6) is 1.02. The molecule has 0 saturated heterocycles. The standard InChI is InChI=1S/C15H20O2/c1-15(2,3)14(16)10-11-6-7-13-12(9-11)5-4-8-17-13/h6-7,9H,4-5,8,10H2,1-3H3/i5D. The van der Waals surface area contributed by atoms with Crippen molar-refractivity contribution in [1.29, 1.82) is 0 Å². The quantitative estimate of drug-likeness (QED) is 0.784. The van der Waals surface area contributed by atoms with Crippen LogP contribution in [-0.2, 0) is 17.6 Å². The lowest BCUT2D eigenvalue weighted by Gasteiger charge is -2.19. The first-order valence-corrected chi connectivity index (χ1v) is 6.09. The van der Waals surface area contributed by atoms with E-state index in [0.29, 0.717) is 13.0 Å². The first-order chi connectivity index (χ1) is 8.38. The lowest BCUT2D eigenvalue weighted by atomic mass is 9.86. The first kappa shape index (κ1) is 10.8. The highest BCUT2D eigenvalue weighted by atomic mass is 16.5. The molecule has 17 heavy (non-hydrogen) atoms. The van der Waals surface area contributed by atoms with Gasteiger partial charge in [-0.25, -0.2) is 0 Å². The summed E-state index contributed by atoms with van der Waals surface area (Å²) < 4.78 is 13.5. The second kappa shape index (κ2) is 4.52. The average molecular weight is 233 g/mol. The minimum absolute atomic E-state index is 0.223. The summed E-state index contributed by atoms with van der Waals surface area (Å²) in [6.07, 6.45) is 0.936. The van der Waals surface area contributed by atoms with Crippen molar-refractivity contribution in [2.24, 2.45) is 5.41 Å². The van der Waals surface area contributed by atoms with Crippen LogP contribution in [0.15, 0.2) is 18.2 Å². The maximum atomic E-state index is 12.0. The number of ether oxygens (including phenoxy) is 1. The van der Waals surface area contributed by atoms with E-state index in [2.05, 4.69) is 0 Å². The lowest BCUT2D eigenvalue weighted by Crippen LogP contribution is -2.22. The molecule has 0 bridgehead atoms. The van der Waals surface area contributed by atoms with Crippen molar-refractivity contribution in [1.82, 2.24) is 0 Å². The summed E-state index contributed by atoms with van der Waals surface area (Å²) in [5, 5.41) is 0. The zero-order valence-corrected chi connectivity index (χ0v) is 10.7. The number of hydrogen-bond donors (Lipinski definition) is 0. The van der Waals surface area contributed by atoms with E-state index in [4.69, 9.17) is 6.11 Å². The predicted octanol–water partition coefficient (Wildman–Crippen LogP) is 3.17. The molecular weight excluding hydrogens is 212 g/mol. The molecule has 0 aromatic heterocycles. The van der Waals surface area contributed by atoms with E-state index >= 15 is 0 Å². The Kier molecular flexibility index (Phi) is 2.87. The normalized spacial score (nSPS) is 20.2. The van der Waals surface area contributed by atoms with Crippen LogP contribution in [0.1, 0.15) is 39.7 Å². The molecule has 1 atom stereocenters. The smallest absolute Gasteiger partial charge is 0.142 e. The van der Waals surface area contributed by atoms with Crippen molar-refractivity contribution in [2.75, 3.05) is 6.61 Å². The van der Waals surface area contributed by atoms with Crippen LogP contribution in [0.5, 0.6) is 5.75 Å². The van der Waals surface area contributed by atoms with Crippen molar-refractivity contribution in [3.05, 3.63) is 29.3 Å². The molecule has 0 saturated carbocycles. The molecule has 0 radical (unpaired) electrons. The molecule has 0 spiro atoms. The van der Waals surface area contributed by atoms with Gasteiger partial charge in [0.15, 0.2) is 0 Å². The second-order valence-corrected chi connectivity index (χ2v) is 5.56. The number of carbonyl (C=O) groups excluding carboxylic acids is 1. The van der Waals surface area contributed by atoms with Gasteiger partial charge in [-0.2, -0.15) is 0 Å². The van der Waals surface area contributed by atoms with Gasteiger partial charge in [0, 0.05) is 13.2 Å². The van der Waals surface area contributed by atoms with Crippen LogP contribution >= 0.6 is 0 Å². The molecule has 0 amide bonds. The lowest BCUT2D eigenvalue weighted by molar-refractivity contribution is -0.125. The van der Waals surface area contributed by atoms with E-state index in [-0.39, 0.29) is 17.6 Å². The summed E-state index contributed by atoms with van der Waals surface area (Å²) in [4.78, 5) is 12.0. The van der Waals surface area contributed by atoms with Gasteiger partial charge in [0.2, 0.25) is 0 Å². The summed E-state index contributed by atoms with van der Waals surface area (Å²) in [7, 11) is 0. The summed E-state index contributed by atoms with van der Waals surface area (Å²) in [5.41, 5.74) is 1.59. The van der Waals surface area contributed by atoms with E-state index in [1.807, 2.05) is 39.0 Å². The molecule has 2 heteroatoms. The van der Waals surface area contributed by atoms with E-state index in [1.54, 1.807) is 0 Å². The molecule has 1 aliphatic heterocycles. The van der Waals surface area contributed by atoms with Crippen LogP contribution in [-0.4, -0.2) is 12.4 Å². The average Bonchev–Trinajstić information content (AvgIpc) is 2.29. The maximum Gasteiger partial charge on any atom is 0.142 e. The fourth-order valence-electron chi connectivity index (χ4n) is 1.83. The van der Waals surface area contributed by atoms with Crippen molar-refractivity contribution in [2.45, 2.75) is 40.0 Å².